The molecule has 0 atom stereocenters. The van der Waals surface area contributed by atoms with Gasteiger partial charge in [-0.05, 0) is 18.2 Å². The van der Waals surface area contributed by atoms with E-state index in [0.29, 0.717) is 11.7 Å². The van der Waals surface area contributed by atoms with Crippen molar-refractivity contribution >= 4 is 5.82 Å². The third kappa shape index (κ3) is 1.91. The maximum Gasteiger partial charge on any atom is 0.145 e. The van der Waals surface area contributed by atoms with Crippen LogP contribution in [0.15, 0.2) is 30.3 Å². The summed E-state index contributed by atoms with van der Waals surface area (Å²) in [5, 5.41) is 6.86. The van der Waals surface area contributed by atoms with Gasteiger partial charge in [-0.1, -0.05) is 24.3 Å². The summed E-state index contributed by atoms with van der Waals surface area (Å²) in [5.74, 6) is 1.23. The molecule has 17 heavy (non-hydrogen) atoms. The fourth-order valence-corrected chi connectivity index (χ4v) is 2.33. The summed E-state index contributed by atoms with van der Waals surface area (Å²) in [5.41, 5.74) is 9.11. The van der Waals surface area contributed by atoms with Gasteiger partial charge in [-0.3, -0.25) is 5.10 Å². The van der Waals surface area contributed by atoms with Crippen LogP contribution >= 0.6 is 0 Å². The van der Waals surface area contributed by atoms with Gasteiger partial charge in [0.05, 0.1) is 5.69 Å². The molecule has 4 nitrogen and oxygen atoms in total. The van der Waals surface area contributed by atoms with Crippen LogP contribution in [-0.4, -0.2) is 35.2 Å². The van der Waals surface area contributed by atoms with Gasteiger partial charge < -0.3 is 10.6 Å². The molecule has 0 bridgehead atoms. The van der Waals surface area contributed by atoms with Crippen LogP contribution in [0.2, 0.25) is 0 Å². The van der Waals surface area contributed by atoms with E-state index in [1.165, 1.54) is 5.56 Å². The van der Waals surface area contributed by atoms with Gasteiger partial charge in [0.1, 0.15) is 5.82 Å². The average Bonchev–Trinajstić information content (AvgIpc) is 2.72. The van der Waals surface area contributed by atoms with Gasteiger partial charge in [-0.15, -0.1) is 0 Å². The van der Waals surface area contributed by atoms with E-state index in [9.17, 15) is 0 Å². The monoisotopic (exact) mass is 228 g/mol. The van der Waals surface area contributed by atoms with Crippen molar-refractivity contribution in [3.05, 3.63) is 35.9 Å². The quantitative estimate of drug-likeness (QED) is 0.822. The first-order valence-electron chi connectivity index (χ1n) is 5.82. The van der Waals surface area contributed by atoms with Crippen LogP contribution in [0.5, 0.6) is 0 Å². The number of likely N-dealkylation sites (tertiary alicyclic amines) is 1. The number of nitrogens with two attached hydrogens (primary N) is 1. The molecule has 4 heteroatoms. The Morgan fingerprint density at radius 2 is 2.00 bits per heavy atom. The van der Waals surface area contributed by atoms with Crippen molar-refractivity contribution in [2.24, 2.45) is 0 Å². The lowest BCUT2D eigenvalue weighted by atomic mass is 9.91. The van der Waals surface area contributed by atoms with Crippen molar-refractivity contribution in [2.45, 2.75) is 5.92 Å². The predicted octanol–water partition coefficient (Wildman–Crippen LogP) is 1.69. The molecule has 0 spiro atoms. The van der Waals surface area contributed by atoms with Crippen molar-refractivity contribution in [3.63, 3.8) is 0 Å². The molecule has 1 fully saturated rings. The van der Waals surface area contributed by atoms with Gasteiger partial charge in [0, 0.05) is 25.1 Å². The van der Waals surface area contributed by atoms with Crippen molar-refractivity contribution in [3.8, 4) is 11.3 Å². The highest BCUT2D eigenvalue weighted by atomic mass is 15.2. The fraction of sp³-hybridized carbons (Fsp3) is 0.308. The lowest BCUT2D eigenvalue weighted by Gasteiger charge is -2.36. The van der Waals surface area contributed by atoms with Crippen LogP contribution < -0.4 is 5.73 Å². The smallest absolute Gasteiger partial charge is 0.145 e. The van der Waals surface area contributed by atoms with Gasteiger partial charge in [-0.25, -0.2) is 0 Å². The second-order valence-corrected chi connectivity index (χ2v) is 4.75. The Labute approximate surface area is 100 Å². The second kappa shape index (κ2) is 3.89. The first-order chi connectivity index (χ1) is 8.22. The van der Waals surface area contributed by atoms with Gasteiger partial charge in [-0.2, -0.15) is 5.10 Å². The maximum absolute atomic E-state index is 5.59. The number of hydrogen-bond donors (Lipinski definition) is 2. The zero-order chi connectivity index (χ0) is 11.8. The number of nitrogens with zero attached hydrogens (tertiary/aromatic N) is 2. The molecular formula is C13H16N4. The van der Waals surface area contributed by atoms with Crippen molar-refractivity contribution in [2.75, 3.05) is 25.9 Å². The molecule has 1 aromatic heterocycles. The number of nitrogens with one attached hydrogen (secondary N) is 1. The summed E-state index contributed by atoms with van der Waals surface area (Å²) in [6.07, 6.45) is 0. The summed E-state index contributed by atoms with van der Waals surface area (Å²) in [6, 6.07) is 10.5. The Bertz CT molecular complexity index is 508. The highest BCUT2D eigenvalue weighted by Gasteiger charge is 2.24. The second-order valence-electron chi connectivity index (χ2n) is 4.75. The zero-order valence-corrected chi connectivity index (χ0v) is 9.85. The SMILES string of the molecule is CN1CC(c2ccc(-c3cc(N)n[nH]3)cc2)C1. The summed E-state index contributed by atoms with van der Waals surface area (Å²) in [4.78, 5) is 2.33. The van der Waals surface area contributed by atoms with Crippen molar-refractivity contribution < 1.29 is 0 Å². The number of rotatable bonds is 2. The molecule has 0 amide bonds. The van der Waals surface area contributed by atoms with E-state index >= 15 is 0 Å². The molecule has 3 rings (SSSR count). The van der Waals surface area contributed by atoms with E-state index in [-0.39, 0.29) is 0 Å². The highest BCUT2D eigenvalue weighted by molar-refractivity contribution is 5.62. The molecular weight excluding hydrogens is 212 g/mol. The minimum Gasteiger partial charge on any atom is -0.382 e. The summed E-state index contributed by atoms with van der Waals surface area (Å²) < 4.78 is 0. The van der Waals surface area contributed by atoms with Crippen LogP contribution in [-0.2, 0) is 0 Å². The first kappa shape index (κ1) is 10.4. The fourth-order valence-electron chi connectivity index (χ4n) is 2.33. The molecule has 0 unspecified atom stereocenters. The largest absolute Gasteiger partial charge is 0.382 e. The van der Waals surface area contributed by atoms with E-state index in [1.807, 2.05) is 6.07 Å². The number of nitrogen functional groups attached to an aromatic ring is 1. The van der Waals surface area contributed by atoms with Crippen LogP contribution in [0.4, 0.5) is 5.82 Å². The molecule has 0 aliphatic carbocycles. The summed E-state index contributed by atoms with van der Waals surface area (Å²) in [6.45, 7) is 2.33. The molecule has 2 aromatic rings. The zero-order valence-electron chi connectivity index (χ0n) is 9.85. The minimum atomic E-state index is 0.532. The minimum absolute atomic E-state index is 0.532. The molecule has 88 valence electrons. The number of anilines is 1. The Morgan fingerprint density at radius 1 is 1.29 bits per heavy atom. The van der Waals surface area contributed by atoms with E-state index in [0.717, 1.165) is 24.3 Å². The molecule has 3 N–H and O–H groups in total. The standard InChI is InChI=1S/C13H16N4/c1-17-7-11(8-17)9-2-4-10(5-3-9)12-6-13(14)16-15-12/h2-6,11H,7-8H2,1H3,(H3,14,15,16). The molecule has 0 radical (unpaired) electrons. The molecule has 2 heterocycles. The third-order valence-electron chi connectivity index (χ3n) is 3.35. The number of aromatic amines is 1. The molecule has 1 aliphatic heterocycles. The highest BCUT2D eigenvalue weighted by Crippen LogP contribution is 2.27. The number of benzene rings is 1. The van der Waals surface area contributed by atoms with Gasteiger partial charge >= 0.3 is 0 Å². The van der Waals surface area contributed by atoms with E-state index in [4.69, 9.17) is 5.73 Å². The Kier molecular flexibility index (Phi) is 2.37. The summed E-state index contributed by atoms with van der Waals surface area (Å²) in [7, 11) is 2.15. The number of aromatic nitrogens is 2. The van der Waals surface area contributed by atoms with Crippen LogP contribution in [0, 0.1) is 0 Å². The Morgan fingerprint density at radius 3 is 2.53 bits per heavy atom. The molecule has 1 aromatic carbocycles. The van der Waals surface area contributed by atoms with Crippen LogP contribution in [0.25, 0.3) is 11.3 Å². The number of H-pyrrole nitrogens is 1. The first-order valence-corrected chi connectivity index (χ1v) is 5.82. The third-order valence-corrected chi connectivity index (χ3v) is 3.35. The normalized spacial score (nSPS) is 17.0. The average molecular weight is 228 g/mol. The van der Waals surface area contributed by atoms with Crippen LogP contribution in [0.3, 0.4) is 0 Å². The topological polar surface area (TPSA) is 57.9 Å². The molecule has 0 saturated carbocycles. The Hall–Kier alpha value is -1.81. The number of likely N-dealkylation sites (N-methyl/N-ethyl adjacent to an activating group) is 1. The molecule has 1 aliphatic rings. The van der Waals surface area contributed by atoms with Gasteiger partial charge in [0.25, 0.3) is 0 Å². The van der Waals surface area contributed by atoms with E-state index in [1.54, 1.807) is 0 Å². The maximum atomic E-state index is 5.59. The number of hydrogen-bond acceptors (Lipinski definition) is 3. The summed E-state index contributed by atoms with van der Waals surface area (Å²) >= 11 is 0. The van der Waals surface area contributed by atoms with Crippen molar-refractivity contribution in [1.29, 1.82) is 0 Å². The lowest BCUT2D eigenvalue weighted by molar-refractivity contribution is 0.190. The van der Waals surface area contributed by atoms with E-state index in [2.05, 4.69) is 46.4 Å². The van der Waals surface area contributed by atoms with Gasteiger partial charge in [0.2, 0.25) is 0 Å². The Balaban J connectivity index is 1.80. The van der Waals surface area contributed by atoms with Crippen molar-refractivity contribution in [1.82, 2.24) is 15.1 Å². The predicted molar refractivity (Wildman–Crippen MR) is 68.7 cm³/mol. The molecule has 1 saturated heterocycles. The van der Waals surface area contributed by atoms with Crippen LogP contribution in [0.1, 0.15) is 11.5 Å². The van der Waals surface area contributed by atoms with Gasteiger partial charge in [0.15, 0.2) is 0 Å². The van der Waals surface area contributed by atoms with E-state index < -0.39 is 0 Å². The lowest BCUT2D eigenvalue weighted by Crippen LogP contribution is -2.41.